The molecule has 22 heavy (non-hydrogen) atoms. The zero-order valence-corrected chi connectivity index (χ0v) is 15.3. The fourth-order valence-electron chi connectivity index (χ4n) is 0.604. The van der Waals surface area contributed by atoms with E-state index in [1.165, 1.54) is 4.88 Å². The van der Waals surface area contributed by atoms with Crippen LogP contribution in [0, 0.1) is 0 Å². The SMILES string of the molecule is CCCC=O.CCc1cnc(N)s1.NC(N)=O.O=S(=O)(Cl)Cl. The number of nitrogens with zero attached hydrogens (tertiary/aromatic N) is 1. The number of nitrogen functional groups attached to an aromatic ring is 1. The Morgan fingerprint density at radius 3 is 1.86 bits per heavy atom. The number of rotatable bonds is 3. The minimum atomic E-state index is -3.72. The molecule has 0 radical (unpaired) electrons. The third kappa shape index (κ3) is 42.8. The van der Waals surface area contributed by atoms with Crippen molar-refractivity contribution in [2.75, 3.05) is 5.73 Å². The molecule has 0 saturated heterocycles. The fraction of sp³-hybridized carbons (Fsp3) is 0.500. The van der Waals surface area contributed by atoms with E-state index in [0.29, 0.717) is 11.6 Å². The molecule has 2 amide bonds. The lowest BCUT2D eigenvalue weighted by Crippen LogP contribution is -2.18. The van der Waals surface area contributed by atoms with E-state index >= 15 is 0 Å². The van der Waals surface area contributed by atoms with E-state index in [1.54, 1.807) is 11.3 Å². The number of carbonyl (C=O) groups excluding carboxylic acids is 2. The molecule has 0 fully saturated rings. The van der Waals surface area contributed by atoms with Crippen LogP contribution in [0.1, 0.15) is 31.6 Å². The number of urea groups is 1. The van der Waals surface area contributed by atoms with Gasteiger partial charge in [0.05, 0.1) is 0 Å². The highest BCUT2D eigenvalue weighted by molar-refractivity contribution is 8.31. The number of aldehydes is 1. The van der Waals surface area contributed by atoms with Gasteiger partial charge in [0.1, 0.15) is 6.29 Å². The van der Waals surface area contributed by atoms with Crippen LogP contribution in [0.15, 0.2) is 6.20 Å². The van der Waals surface area contributed by atoms with Crippen molar-refractivity contribution in [3.05, 3.63) is 11.1 Å². The van der Waals surface area contributed by atoms with Crippen LogP contribution in [-0.2, 0) is 19.5 Å². The van der Waals surface area contributed by atoms with Crippen molar-refractivity contribution in [2.24, 2.45) is 11.5 Å². The number of amides is 2. The number of anilines is 1. The summed E-state index contributed by atoms with van der Waals surface area (Å²) >= 11 is 1.55. The minimum absolute atomic E-state index is 0.668. The number of carbonyl (C=O) groups is 2. The molecule has 1 aromatic rings. The van der Waals surface area contributed by atoms with Gasteiger partial charge in [0, 0.05) is 38.9 Å². The van der Waals surface area contributed by atoms with Crippen molar-refractivity contribution in [1.82, 2.24) is 4.98 Å². The van der Waals surface area contributed by atoms with Crippen molar-refractivity contribution in [2.45, 2.75) is 33.1 Å². The number of hydrogen-bond donors (Lipinski definition) is 3. The van der Waals surface area contributed by atoms with Crippen LogP contribution in [0.2, 0.25) is 0 Å². The van der Waals surface area contributed by atoms with Gasteiger partial charge >= 0.3 is 14.3 Å². The maximum Gasteiger partial charge on any atom is 0.317 e. The Morgan fingerprint density at radius 1 is 1.36 bits per heavy atom. The highest BCUT2D eigenvalue weighted by atomic mass is 36.0. The Balaban J connectivity index is -0.000000230. The molecule has 0 aliphatic carbocycles. The van der Waals surface area contributed by atoms with Crippen LogP contribution in [0.3, 0.4) is 0 Å². The summed E-state index contributed by atoms with van der Waals surface area (Å²) < 4.78 is 18.3. The molecule has 8 nitrogen and oxygen atoms in total. The molecule has 0 aliphatic rings. The zero-order chi connectivity index (χ0) is 18.2. The first-order chi connectivity index (χ1) is 9.97. The van der Waals surface area contributed by atoms with Crippen LogP contribution >= 0.6 is 32.7 Å². The second-order valence-electron chi connectivity index (χ2n) is 3.25. The average molecular weight is 395 g/mol. The molecule has 0 spiro atoms. The molecule has 0 aromatic carbocycles. The van der Waals surface area contributed by atoms with Crippen molar-refractivity contribution in [1.29, 1.82) is 0 Å². The number of aryl methyl sites for hydroxylation is 1. The smallest absolute Gasteiger partial charge is 0.317 e. The van der Waals surface area contributed by atoms with Crippen LogP contribution in [0.25, 0.3) is 0 Å². The van der Waals surface area contributed by atoms with E-state index in [2.05, 4.69) is 44.7 Å². The molecule has 0 unspecified atom stereocenters. The van der Waals surface area contributed by atoms with Gasteiger partial charge in [-0.3, -0.25) is 0 Å². The normalized spacial score (nSPS) is 8.91. The minimum Gasteiger partial charge on any atom is -0.375 e. The summed E-state index contributed by atoms with van der Waals surface area (Å²) in [4.78, 5) is 23.5. The second kappa shape index (κ2) is 16.3. The largest absolute Gasteiger partial charge is 0.375 e. The van der Waals surface area contributed by atoms with Crippen LogP contribution in [0.4, 0.5) is 9.93 Å². The Morgan fingerprint density at radius 2 is 1.77 bits per heavy atom. The number of aromatic nitrogens is 1. The average Bonchev–Trinajstić information content (AvgIpc) is 2.74. The monoisotopic (exact) mass is 394 g/mol. The van der Waals surface area contributed by atoms with E-state index in [9.17, 15) is 4.79 Å². The number of primary amides is 2. The summed E-state index contributed by atoms with van der Waals surface area (Å²) in [5.74, 6) is 0. The van der Waals surface area contributed by atoms with E-state index in [4.69, 9.17) is 18.9 Å². The number of hydrogen-bond acceptors (Lipinski definition) is 7. The van der Waals surface area contributed by atoms with E-state index in [-0.39, 0.29) is 0 Å². The van der Waals surface area contributed by atoms with Crippen molar-refractivity contribution < 1.29 is 18.0 Å². The lowest BCUT2D eigenvalue weighted by molar-refractivity contribution is -0.107. The molecule has 1 aromatic heterocycles. The van der Waals surface area contributed by atoms with Gasteiger partial charge in [-0.1, -0.05) is 13.8 Å². The van der Waals surface area contributed by atoms with Crippen molar-refractivity contribution >= 4 is 58.4 Å². The first-order valence-corrected chi connectivity index (χ1v) is 9.75. The number of thiazole rings is 1. The third-order valence-corrected chi connectivity index (χ3v) is 2.30. The zero-order valence-electron chi connectivity index (χ0n) is 12.2. The van der Waals surface area contributed by atoms with Crippen LogP contribution in [0.5, 0.6) is 0 Å². The molecule has 6 N–H and O–H groups in total. The molecule has 130 valence electrons. The molecular weight excluding hydrogens is 375 g/mol. The molecule has 0 bridgehead atoms. The van der Waals surface area contributed by atoms with Crippen molar-refractivity contribution in [3.8, 4) is 0 Å². The predicted molar refractivity (Wildman–Crippen MR) is 91.3 cm³/mol. The summed E-state index contributed by atoms with van der Waals surface area (Å²) in [5, 5.41) is 0.668. The third-order valence-electron chi connectivity index (χ3n) is 1.33. The van der Waals surface area contributed by atoms with Gasteiger partial charge < -0.3 is 22.0 Å². The van der Waals surface area contributed by atoms with Gasteiger partial charge in [-0.25, -0.2) is 9.78 Å². The number of halogens is 2. The van der Waals surface area contributed by atoms with Crippen LogP contribution < -0.4 is 17.2 Å². The summed E-state index contributed by atoms with van der Waals surface area (Å²) in [5.41, 5.74) is 13.9. The predicted octanol–water partition coefficient (Wildman–Crippen LogP) is 2.01. The molecule has 12 heteroatoms. The maximum absolute atomic E-state index is 9.40. The van der Waals surface area contributed by atoms with Gasteiger partial charge in [-0.15, -0.1) is 11.3 Å². The van der Waals surface area contributed by atoms with Gasteiger partial charge in [0.15, 0.2) is 5.13 Å². The van der Waals surface area contributed by atoms with E-state index < -0.39 is 14.3 Å². The first kappa shape index (κ1) is 25.8. The standard InChI is InChI=1S/C5H8N2S.C4H8O.CH4N2O.Cl2O2S/c1-2-4-3-7-5(6)8-4;1-2-3-4-5;2-1(3)4;1-5(2,3)4/h3H,2H2,1H3,(H2,6,7);4H,2-3H2,1H3;(H4,2,3,4);. The molecule has 0 atom stereocenters. The van der Waals surface area contributed by atoms with Gasteiger partial charge in [0.2, 0.25) is 0 Å². The second-order valence-corrected chi connectivity index (χ2v) is 8.07. The lowest BCUT2D eigenvalue weighted by Gasteiger charge is -1.78. The van der Waals surface area contributed by atoms with Gasteiger partial charge in [-0.2, -0.15) is 8.42 Å². The maximum atomic E-state index is 9.40. The molecular formula is C10H20Cl2N4O4S2. The molecule has 1 rings (SSSR count). The van der Waals surface area contributed by atoms with E-state index in [1.807, 2.05) is 13.1 Å². The van der Waals surface area contributed by atoms with Gasteiger partial charge in [-0.05, 0) is 12.8 Å². The highest BCUT2D eigenvalue weighted by Crippen LogP contribution is 2.13. The van der Waals surface area contributed by atoms with E-state index in [0.717, 1.165) is 19.1 Å². The van der Waals surface area contributed by atoms with Gasteiger partial charge in [0.25, 0.3) is 0 Å². The Hall–Kier alpha value is -1.10. The summed E-state index contributed by atoms with van der Waals surface area (Å²) in [6.45, 7) is 4.07. The molecule has 1 heterocycles. The fourth-order valence-corrected chi connectivity index (χ4v) is 1.23. The summed E-state index contributed by atoms with van der Waals surface area (Å²) in [7, 11) is 4.81. The Labute approximate surface area is 142 Å². The number of nitrogens with two attached hydrogens (primary N) is 3. The quantitative estimate of drug-likeness (QED) is 0.524. The molecule has 0 saturated carbocycles. The summed E-state index contributed by atoms with van der Waals surface area (Å²) in [6.07, 6.45) is 5.47. The lowest BCUT2D eigenvalue weighted by atomic mass is 10.4. The highest BCUT2D eigenvalue weighted by Gasteiger charge is 1.91. The number of unbranched alkanes of at least 4 members (excludes halogenated alkanes) is 1. The van der Waals surface area contributed by atoms with Crippen LogP contribution in [-0.4, -0.2) is 25.7 Å². The molecule has 0 aliphatic heterocycles. The summed E-state index contributed by atoms with van der Waals surface area (Å²) in [6, 6.07) is -0.833. The van der Waals surface area contributed by atoms with Crippen molar-refractivity contribution in [3.63, 3.8) is 0 Å². The first-order valence-electron chi connectivity index (χ1n) is 5.80. The Bertz CT molecular complexity index is 497. The Kier molecular flexibility index (Phi) is 19.1. The topological polar surface area (TPSA) is 159 Å².